The first-order chi connectivity index (χ1) is 22.5. The Labute approximate surface area is 282 Å². The summed E-state index contributed by atoms with van der Waals surface area (Å²) in [6.45, 7) is 0. The number of fused-ring (bicyclic) bond motifs is 1. The van der Waals surface area contributed by atoms with Crippen molar-refractivity contribution in [1.82, 2.24) is 14.5 Å². The predicted molar refractivity (Wildman–Crippen MR) is 191 cm³/mol. The molecule has 0 radical (unpaired) electrons. The van der Waals surface area contributed by atoms with Crippen LogP contribution in [-0.2, 0) is 12.2 Å². The summed E-state index contributed by atoms with van der Waals surface area (Å²) in [5.74, 6) is 0.344. The van der Waals surface area contributed by atoms with Crippen LogP contribution in [0, 0.1) is 0 Å². The quantitative estimate of drug-likeness (QED) is 0.122. The minimum Gasteiger partial charge on any atom is -0.298 e. The first-order valence-corrected chi connectivity index (χ1v) is 17.5. The second kappa shape index (κ2) is 13.4. The van der Waals surface area contributed by atoms with Gasteiger partial charge < -0.3 is 0 Å². The summed E-state index contributed by atoms with van der Waals surface area (Å²) >= 11 is 10.7. The van der Waals surface area contributed by atoms with Gasteiger partial charge in [0.25, 0.3) is 11.5 Å². The van der Waals surface area contributed by atoms with Crippen LogP contribution in [-0.4, -0.2) is 20.4 Å². The molecule has 0 aliphatic heterocycles. The number of rotatable bonds is 9. The van der Waals surface area contributed by atoms with E-state index in [-0.39, 0.29) is 11.5 Å². The van der Waals surface area contributed by atoms with Gasteiger partial charge in [0.1, 0.15) is 4.83 Å². The summed E-state index contributed by atoms with van der Waals surface area (Å²) in [5, 5.41) is 7.39. The fourth-order valence-electron chi connectivity index (χ4n) is 5.05. The standard InChI is InChI=1S/C36H25ClN4O2S3/c37-30-14-8-7-11-26(30)19-28-20-38-35(46-28)39-32(42)25-17-15-23(16-18-25)21-45-36-40-33-31(29(22-44-33)24-9-3-1-4-10-24)34(43)41(36)27-12-5-2-6-13-27/h1-18,20,22H,19,21H2,(H,38,39,42). The van der Waals surface area contributed by atoms with Crippen LogP contribution in [0.4, 0.5) is 5.13 Å². The van der Waals surface area contributed by atoms with Crippen LogP contribution in [0.1, 0.15) is 26.4 Å². The smallest absolute Gasteiger partial charge is 0.268 e. The average molecular weight is 677 g/mol. The Morgan fingerprint density at radius 1 is 0.891 bits per heavy atom. The Morgan fingerprint density at radius 2 is 1.61 bits per heavy atom. The molecular formula is C36H25ClN4O2S3. The third-order valence-corrected chi connectivity index (χ3v) is 10.5. The van der Waals surface area contributed by atoms with E-state index in [0.29, 0.717) is 43.3 Å². The Morgan fingerprint density at radius 3 is 2.37 bits per heavy atom. The molecule has 226 valence electrons. The summed E-state index contributed by atoms with van der Waals surface area (Å²) in [6.07, 6.45) is 2.42. The van der Waals surface area contributed by atoms with Crippen LogP contribution < -0.4 is 10.9 Å². The molecule has 0 spiro atoms. The summed E-state index contributed by atoms with van der Waals surface area (Å²) in [4.78, 5) is 38.1. The second-order valence-electron chi connectivity index (χ2n) is 10.4. The molecule has 0 bridgehead atoms. The van der Waals surface area contributed by atoms with Crippen LogP contribution in [0.2, 0.25) is 5.02 Å². The number of para-hydroxylation sites is 1. The Kier molecular flexibility index (Phi) is 8.81. The lowest BCUT2D eigenvalue weighted by Gasteiger charge is -2.13. The summed E-state index contributed by atoms with van der Waals surface area (Å²) in [6, 6.07) is 34.7. The molecule has 0 saturated heterocycles. The van der Waals surface area contributed by atoms with E-state index >= 15 is 0 Å². The number of benzene rings is 4. The van der Waals surface area contributed by atoms with Gasteiger partial charge in [-0.05, 0) is 47.0 Å². The number of hydrogen-bond donors (Lipinski definition) is 1. The zero-order chi connectivity index (χ0) is 31.5. The van der Waals surface area contributed by atoms with Gasteiger partial charge in [-0.15, -0.1) is 22.7 Å². The maximum absolute atomic E-state index is 14.1. The normalized spacial score (nSPS) is 11.2. The molecule has 7 aromatic rings. The highest BCUT2D eigenvalue weighted by molar-refractivity contribution is 7.98. The molecule has 0 aliphatic rings. The molecule has 10 heteroatoms. The van der Waals surface area contributed by atoms with Crippen molar-refractivity contribution in [3.05, 3.63) is 158 Å². The minimum atomic E-state index is -0.227. The van der Waals surface area contributed by atoms with E-state index in [4.69, 9.17) is 16.6 Å². The lowest BCUT2D eigenvalue weighted by Crippen LogP contribution is -2.21. The lowest BCUT2D eigenvalue weighted by atomic mass is 10.1. The number of thiophene rings is 1. The largest absolute Gasteiger partial charge is 0.298 e. The maximum atomic E-state index is 14.1. The van der Waals surface area contributed by atoms with Gasteiger partial charge in [-0.1, -0.05) is 102 Å². The molecular weight excluding hydrogens is 652 g/mol. The minimum absolute atomic E-state index is 0.0944. The van der Waals surface area contributed by atoms with Crippen molar-refractivity contribution in [1.29, 1.82) is 0 Å². The van der Waals surface area contributed by atoms with Gasteiger partial charge in [0, 0.05) is 44.8 Å². The molecule has 6 nitrogen and oxygen atoms in total. The van der Waals surface area contributed by atoms with Crippen molar-refractivity contribution in [3.63, 3.8) is 0 Å². The summed E-state index contributed by atoms with van der Waals surface area (Å²) in [7, 11) is 0. The van der Waals surface area contributed by atoms with E-state index in [0.717, 1.165) is 32.8 Å². The number of halogens is 1. The number of amides is 1. The molecule has 0 atom stereocenters. The zero-order valence-electron chi connectivity index (χ0n) is 24.2. The number of hydrogen-bond acceptors (Lipinski definition) is 7. The number of thioether (sulfide) groups is 1. The topological polar surface area (TPSA) is 76.9 Å². The monoisotopic (exact) mass is 676 g/mol. The first kappa shape index (κ1) is 30.1. The molecule has 1 N–H and O–H groups in total. The van der Waals surface area contributed by atoms with Gasteiger partial charge in [0.05, 0.1) is 11.1 Å². The first-order valence-electron chi connectivity index (χ1n) is 14.4. The second-order valence-corrected chi connectivity index (χ2v) is 13.7. The van der Waals surface area contributed by atoms with Gasteiger partial charge >= 0.3 is 0 Å². The molecule has 3 heterocycles. The molecule has 4 aromatic carbocycles. The maximum Gasteiger partial charge on any atom is 0.268 e. The van der Waals surface area contributed by atoms with E-state index < -0.39 is 0 Å². The van der Waals surface area contributed by atoms with Gasteiger partial charge in [0.15, 0.2) is 10.3 Å². The predicted octanol–water partition coefficient (Wildman–Crippen LogP) is 9.36. The van der Waals surface area contributed by atoms with Crippen LogP contribution in [0.5, 0.6) is 0 Å². The Bertz CT molecular complexity index is 2210. The molecule has 0 fully saturated rings. The molecule has 1 amide bonds. The zero-order valence-corrected chi connectivity index (χ0v) is 27.4. The van der Waals surface area contributed by atoms with Crippen LogP contribution in [0.25, 0.3) is 27.0 Å². The van der Waals surface area contributed by atoms with Crippen LogP contribution >= 0.6 is 46.0 Å². The number of nitrogens with one attached hydrogen (secondary N) is 1. The van der Waals surface area contributed by atoms with E-state index in [1.54, 1.807) is 22.9 Å². The third-order valence-electron chi connectivity index (χ3n) is 7.36. The van der Waals surface area contributed by atoms with Crippen LogP contribution in [0.15, 0.2) is 131 Å². The lowest BCUT2D eigenvalue weighted by molar-refractivity contribution is 0.102. The van der Waals surface area contributed by atoms with Crippen molar-refractivity contribution in [2.24, 2.45) is 0 Å². The average Bonchev–Trinajstić information content (AvgIpc) is 3.73. The molecule has 0 aliphatic carbocycles. The van der Waals surface area contributed by atoms with Crippen LogP contribution in [0.3, 0.4) is 0 Å². The SMILES string of the molecule is O=C(Nc1ncc(Cc2ccccc2Cl)s1)c1ccc(CSc2nc3scc(-c4ccccc4)c3c(=O)n2-c2ccccc2)cc1. The third kappa shape index (κ3) is 6.41. The van der Waals surface area contributed by atoms with E-state index in [9.17, 15) is 9.59 Å². The molecule has 0 saturated carbocycles. The molecule has 3 aromatic heterocycles. The van der Waals surface area contributed by atoms with Gasteiger partial charge in [-0.25, -0.2) is 9.97 Å². The fraction of sp³-hybridized carbons (Fsp3) is 0.0556. The molecule has 46 heavy (non-hydrogen) atoms. The van der Waals surface area contributed by atoms with Gasteiger partial charge in [-0.2, -0.15) is 0 Å². The Hall–Kier alpha value is -4.54. The van der Waals surface area contributed by atoms with Crippen molar-refractivity contribution < 1.29 is 4.79 Å². The van der Waals surface area contributed by atoms with Gasteiger partial charge in [-0.3, -0.25) is 19.5 Å². The number of nitrogens with zero attached hydrogens (tertiary/aromatic N) is 3. The number of carbonyl (C=O) groups excluding carboxylic acids is 1. The number of thiazole rings is 1. The fourth-order valence-corrected chi connectivity index (χ4v) is 8.04. The highest BCUT2D eigenvalue weighted by Crippen LogP contribution is 2.33. The van der Waals surface area contributed by atoms with E-state index in [2.05, 4.69) is 10.3 Å². The number of anilines is 1. The summed E-state index contributed by atoms with van der Waals surface area (Å²) < 4.78 is 1.70. The van der Waals surface area contributed by atoms with E-state index in [1.807, 2.05) is 102 Å². The Balaban J connectivity index is 1.08. The van der Waals surface area contributed by atoms with Crippen molar-refractivity contribution in [3.8, 4) is 16.8 Å². The molecule has 0 unspecified atom stereocenters. The van der Waals surface area contributed by atoms with Crippen molar-refractivity contribution in [2.75, 3.05) is 5.32 Å². The number of carbonyl (C=O) groups is 1. The number of aromatic nitrogens is 3. The highest BCUT2D eigenvalue weighted by Gasteiger charge is 2.19. The highest BCUT2D eigenvalue weighted by atomic mass is 35.5. The van der Waals surface area contributed by atoms with Gasteiger partial charge in [0.2, 0.25) is 0 Å². The van der Waals surface area contributed by atoms with Crippen molar-refractivity contribution in [2.45, 2.75) is 17.3 Å². The molecule has 7 rings (SSSR count). The van der Waals surface area contributed by atoms with Crippen molar-refractivity contribution >= 4 is 67.3 Å². The summed E-state index contributed by atoms with van der Waals surface area (Å²) in [5.41, 5.74) is 5.10. The van der Waals surface area contributed by atoms with E-state index in [1.165, 1.54) is 34.4 Å².